The fourth-order valence-corrected chi connectivity index (χ4v) is 4.43. The van der Waals surface area contributed by atoms with E-state index >= 15 is 0 Å². The van der Waals surface area contributed by atoms with Crippen molar-refractivity contribution in [1.82, 2.24) is 10.2 Å². The van der Waals surface area contributed by atoms with E-state index in [2.05, 4.69) is 27.7 Å². The fourth-order valence-electron chi connectivity index (χ4n) is 4.43. The number of likely N-dealkylation sites (tertiary alicyclic amines) is 1. The van der Waals surface area contributed by atoms with Crippen LogP contribution in [0.5, 0.6) is 0 Å². The molecule has 1 aromatic carbocycles. The Morgan fingerprint density at radius 3 is 2.45 bits per heavy atom. The molecule has 158 valence electrons. The van der Waals surface area contributed by atoms with E-state index in [0.717, 1.165) is 55.7 Å². The zero-order chi connectivity index (χ0) is 20.6. The maximum Gasteiger partial charge on any atom is 0.238 e. The highest BCUT2D eigenvalue weighted by Crippen LogP contribution is 2.20. The van der Waals surface area contributed by atoms with Crippen molar-refractivity contribution in [2.24, 2.45) is 5.92 Å². The standard InChI is InChI=1S/C24H35N3O2/c1-18-14-19(2)16-22(15-18)26-23(28)17-27-12-9-21(10-13-27)24(29)25-11-8-20-6-4-3-5-7-20/h6,14-16,21H,3-5,7-13,17H2,1-2H3,(H,25,29)(H,26,28). The molecule has 1 heterocycles. The van der Waals surface area contributed by atoms with Gasteiger partial charge in [-0.2, -0.15) is 0 Å². The van der Waals surface area contributed by atoms with Crippen LogP contribution in [0.25, 0.3) is 0 Å². The second-order valence-corrected chi connectivity index (χ2v) is 8.62. The number of allylic oxidation sites excluding steroid dienone is 1. The summed E-state index contributed by atoms with van der Waals surface area (Å²) in [6, 6.07) is 6.08. The Morgan fingerprint density at radius 2 is 1.79 bits per heavy atom. The minimum Gasteiger partial charge on any atom is -0.356 e. The molecule has 3 rings (SSSR count). The average Bonchev–Trinajstić information content (AvgIpc) is 2.68. The first kappa shape index (κ1) is 21.6. The molecule has 0 aromatic heterocycles. The van der Waals surface area contributed by atoms with E-state index in [1.165, 1.54) is 31.3 Å². The summed E-state index contributed by atoms with van der Waals surface area (Å²) in [5.41, 5.74) is 4.65. The van der Waals surface area contributed by atoms with Crippen LogP contribution in [-0.4, -0.2) is 42.9 Å². The Kier molecular flexibility index (Phi) is 7.87. The van der Waals surface area contributed by atoms with Crippen LogP contribution in [0.15, 0.2) is 29.8 Å². The molecule has 1 aromatic rings. The number of amides is 2. The van der Waals surface area contributed by atoms with Crippen LogP contribution < -0.4 is 10.6 Å². The molecular weight excluding hydrogens is 362 g/mol. The van der Waals surface area contributed by atoms with Crippen molar-refractivity contribution < 1.29 is 9.59 Å². The number of nitrogens with one attached hydrogen (secondary N) is 2. The lowest BCUT2D eigenvalue weighted by Crippen LogP contribution is -2.43. The number of anilines is 1. The van der Waals surface area contributed by atoms with Gasteiger partial charge in [0.05, 0.1) is 6.54 Å². The van der Waals surface area contributed by atoms with E-state index in [4.69, 9.17) is 0 Å². The van der Waals surface area contributed by atoms with Gasteiger partial charge in [-0.3, -0.25) is 14.5 Å². The lowest BCUT2D eigenvalue weighted by atomic mass is 9.95. The smallest absolute Gasteiger partial charge is 0.238 e. The van der Waals surface area contributed by atoms with Crippen molar-refractivity contribution in [3.8, 4) is 0 Å². The van der Waals surface area contributed by atoms with Crippen molar-refractivity contribution in [2.45, 2.75) is 58.8 Å². The summed E-state index contributed by atoms with van der Waals surface area (Å²) < 4.78 is 0. The van der Waals surface area contributed by atoms with Crippen molar-refractivity contribution in [1.29, 1.82) is 0 Å². The third-order valence-electron chi connectivity index (χ3n) is 5.96. The minimum atomic E-state index is 0.0126. The summed E-state index contributed by atoms with van der Waals surface area (Å²) in [4.78, 5) is 27.0. The fraction of sp³-hybridized carbons (Fsp3) is 0.583. The molecule has 1 saturated heterocycles. The van der Waals surface area contributed by atoms with Crippen molar-refractivity contribution in [3.63, 3.8) is 0 Å². The normalized spacial score (nSPS) is 18.2. The van der Waals surface area contributed by atoms with E-state index in [1.807, 2.05) is 26.0 Å². The third-order valence-corrected chi connectivity index (χ3v) is 5.96. The van der Waals surface area contributed by atoms with Gasteiger partial charge in [-0.25, -0.2) is 0 Å². The molecule has 1 aliphatic carbocycles. The molecule has 0 bridgehead atoms. The van der Waals surface area contributed by atoms with Crippen molar-refractivity contribution in [2.75, 3.05) is 31.5 Å². The number of carbonyl (C=O) groups excluding carboxylic acids is 2. The zero-order valence-corrected chi connectivity index (χ0v) is 17.9. The van der Waals surface area contributed by atoms with Gasteiger partial charge >= 0.3 is 0 Å². The van der Waals surface area contributed by atoms with Gasteiger partial charge in [-0.15, -0.1) is 0 Å². The molecule has 2 N–H and O–H groups in total. The van der Waals surface area contributed by atoms with E-state index in [0.29, 0.717) is 6.54 Å². The molecule has 1 aliphatic heterocycles. The Morgan fingerprint density at radius 1 is 1.07 bits per heavy atom. The van der Waals surface area contributed by atoms with Crippen LogP contribution in [0.1, 0.15) is 56.1 Å². The highest BCUT2D eigenvalue weighted by atomic mass is 16.2. The second-order valence-electron chi connectivity index (χ2n) is 8.62. The van der Waals surface area contributed by atoms with Gasteiger partial charge < -0.3 is 10.6 Å². The molecule has 1 fully saturated rings. The maximum atomic E-state index is 12.4. The summed E-state index contributed by atoms with van der Waals surface area (Å²) >= 11 is 0. The van der Waals surface area contributed by atoms with E-state index < -0.39 is 0 Å². The number of carbonyl (C=O) groups is 2. The first-order valence-electron chi connectivity index (χ1n) is 11.1. The number of piperidine rings is 1. The number of rotatable bonds is 7. The van der Waals surface area contributed by atoms with Gasteiger partial charge in [0.25, 0.3) is 0 Å². The van der Waals surface area contributed by atoms with Gasteiger partial charge in [0.1, 0.15) is 0 Å². The number of hydrogen-bond acceptors (Lipinski definition) is 3. The van der Waals surface area contributed by atoms with Gasteiger partial charge in [-0.05, 0) is 95.1 Å². The molecule has 0 radical (unpaired) electrons. The molecule has 5 nitrogen and oxygen atoms in total. The SMILES string of the molecule is Cc1cc(C)cc(NC(=O)CN2CCC(C(=O)NCCC3=CCCCC3)CC2)c1. The molecule has 2 aliphatic rings. The molecule has 0 unspecified atom stereocenters. The van der Waals surface area contributed by atoms with E-state index in [1.54, 1.807) is 0 Å². The summed E-state index contributed by atoms with van der Waals surface area (Å²) in [5, 5.41) is 6.12. The van der Waals surface area contributed by atoms with Crippen LogP contribution in [0.2, 0.25) is 0 Å². The van der Waals surface area contributed by atoms with Gasteiger partial charge in [0.15, 0.2) is 0 Å². The first-order chi connectivity index (χ1) is 14.0. The summed E-state index contributed by atoms with van der Waals surface area (Å²) in [5.74, 6) is 0.272. The van der Waals surface area contributed by atoms with Crippen molar-refractivity contribution >= 4 is 17.5 Å². The summed E-state index contributed by atoms with van der Waals surface area (Å²) in [6.07, 6.45) is 9.96. The van der Waals surface area contributed by atoms with E-state index in [-0.39, 0.29) is 17.7 Å². The lowest BCUT2D eigenvalue weighted by molar-refractivity contribution is -0.126. The van der Waals surface area contributed by atoms with Crippen LogP contribution in [0.3, 0.4) is 0 Å². The number of benzene rings is 1. The van der Waals surface area contributed by atoms with Crippen LogP contribution in [0, 0.1) is 19.8 Å². The highest BCUT2D eigenvalue weighted by Gasteiger charge is 2.25. The third kappa shape index (κ3) is 7.00. The topological polar surface area (TPSA) is 61.4 Å². The van der Waals surface area contributed by atoms with Gasteiger partial charge in [0, 0.05) is 18.2 Å². The second kappa shape index (κ2) is 10.6. The number of hydrogen-bond donors (Lipinski definition) is 2. The number of nitrogens with zero attached hydrogens (tertiary/aromatic N) is 1. The van der Waals surface area contributed by atoms with Gasteiger partial charge in [-0.1, -0.05) is 17.7 Å². The molecule has 2 amide bonds. The summed E-state index contributed by atoms with van der Waals surface area (Å²) in [7, 11) is 0. The predicted molar refractivity (Wildman–Crippen MR) is 118 cm³/mol. The Hall–Kier alpha value is -2.14. The average molecular weight is 398 g/mol. The summed E-state index contributed by atoms with van der Waals surface area (Å²) in [6.45, 7) is 6.79. The van der Waals surface area contributed by atoms with Crippen LogP contribution >= 0.6 is 0 Å². The van der Waals surface area contributed by atoms with Gasteiger partial charge in [0.2, 0.25) is 11.8 Å². The van der Waals surface area contributed by atoms with Crippen LogP contribution in [0.4, 0.5) is 5.69 Å². The zero-order valence-electron chi connectivity index (χ0n) is 17.9. The Balaban J connectivity index is 1.35. The maximum absolute atomic E-state index is 12.4. The predicted octanol–water partition coefficient (Wildman–Crippen LogP) is 3.96. The first-order valence-corrected chi connectivity index (χ1v) is 11.1. The number of aryl methyl sites for hydroxylation is 2. The molecule has 0 saturated carbocycles. The van der Waals surface area contributed by atoms with E-state index in [9.17, 15) is 9.59 Å². The van der Waals surface area contributed by atoms with Crippen molar-refractivity contribution in [3.05, 3.63) is 41.0 Å². The van der Waals surface area contributed by atoms with Crippen LogP contribution in [-0.2, 0) is 9.59 Å². The monoisotopic (exact) mass is 397 g/mol. The minimum absolute atomic E-state index is 0.0126. The molecule has 29 heavy (non-hydrogen) atoms. The Labute approximate surface area is 174 Å². The largest absolute Gasteiger partial charge is 0.356 e. The lowest BCUT2D eigenvalue weighted by Gasteiger charge is -2.30. The Bertz CT molecular complexity index is 728. The molecule has 5 heteroatoms. The molecule has 0 spiro atoms. The molecular formula is C24H35N3O2. The quantitative estimate of drug-likeness (QED) is 0.685. The molecule has 0 atom stereocenters. The highest BCUT2D eigenvalue weighted by molar-refractivity contribution is 5.92.